The summed E-state index contributed by atoms with van der Waals surface area (Å²) in [6, 6.07) is 7.60. The third-order valence-corrected chi connectivity index (χ3v) is 2.66. The lowest BCUT2D eigenvalue weighted by atomic mass is 9.98. The Morgan fingerprint density at radius 2 is 1.88 bits per heavy atom. The molecule has 0 aliphatic rings. The van der Waals surface area contributed by atoms with Gasteiger partial charge >= 0.3 is 0 Å². The second-order valence-corrected chi connectivity index (χ2v) is 4.29. The van der Waals surface area contributed by atoms with Gasteiger partial charge in [-0.25, -0.2) is 0 Å². The van der Waals surface area contributed by atoms with E-state index in [1.54, 1.807) is 7.11 Å². The predicted octanol–water partition coefficient (Wildman–Crippen LogP) is 2.79. The van der Waals surface area contributed by atoms with Crippen molar-refractivity contribution in [1.29, 1.82) is 0 Å². The highest BCUT2D eigenvalue weighted by atomic mass is 16.5. The van der Waals surface area contributed by atoms with Crippen LogP contribution in [0.15, 0.2) is 24.3 Å². The van der Waals surface area contributed by atoms with Gasteiger partial charge in [-0.05, 0) is 24.1 Å². The van der Waals surface area contributed by atoms with Gasteiger partial charge in [0.1, 0.15) is 5.75 Å². The SMILES string of the molecule is CCCOc1ccc(C(O)C(C)COC)cc1. The topological polar surface area (TPSA) is 38.7 Å². The van der Waals surface area contributed by atoms with E-state index in [1.807, 2.05) is 31.2 Å². The highest BCUT2D eigenvalue weighted by Crippen LogP contribution is 2.24. The van der Waals surface area contributed by atoms with E-state index in [1.165, 1.54) is 0 Å². The van der Waals surface area contributed by atoms with Gasteiger partial charge in [0.25, 0.3) is 0 Å². The van der Waals surface area contributed by atoms with Crippen molar-refractivity contribution in [1.82, 2.24) is 0 Å². The molecule has 2 unspecified atom stereocenters. The van der Waals surface area contributed by atoms with Crippen molar-refractivity contribution in [3.63, 3.8) is 0 Å². The number of hydrogen-bond donors (Lipinski definition) is 1. The first kappa shape index (κ1) is 14.0. The first-order valence-corrected chi connectivity index (χ1v) is 6.08. The van der Waals surface area contributed by atoms with Crippen LogP contribution in [0.3, 0.4) is 0 Å². The summed E-state index contributed by atoms with van der Waals surface area (Å²) in [5.74, 6) is 0.935. The Balaban J connectivity index is 2.60. The van der Waals surface area contributed by atoms with Gasteiger partial charge in [-0.15, -0.1) is 0 Å². The molecule has 17 heavy (non-hydrogen) atoms. The first-order valence-electron chi connectivity index (χ1n) is 6.08. The van der Waals surface area contributed by atoms with Crippen LogP contribution in [0, 0.1) is 5.92 Å². The molecule has 0 bridgehead atoms. The van der Waals surface area contributed by atoms with Crippen LogP contribution in [0.1, 0.15) is 31.9 Å². The molecule has 0 saturated carbocycles. The summed E-state index contributed by atoms with van der Waals surface area (Å²) >= 11 is 0. The van der Waals surface area contributed by atoms with Crippen LogP contribution in [0.5, 0.6) is 5.75 Å². The monoisotopic (exact) mass is 238 g/mol. The van der Waals surface area contributed by atoms with Crippen LogP contribution in [0.25, 0.3) is 0 Å². The summed E-state index contributed by atoms with van der Waals surface area (Å²) in [6.45, 7) is 5.32. The fourth-order valence-corrected chi connectivity index (χ4v) is 1.66. The molecule has 1 rings (SSSR count). The molecule has 0 aliphatic heterocycles. The second-order valence-electron chi connectivity index (χ2n) is 4.29. The number of ether oxygens (including phenoxy) is 2. The molecule has 0 amide bonds. The Bertz CT molecular complexity index is 308. The summed E-state index contributed by atoms with van der Waals surface area (Å²) in [7, 11) is 1.64. The molecule has 2 atom stereocenters. The summed E-state index contributed by atoms with van der Waals surface area (Å²) in [5, 5.41) is 10.1. The van der Waals surface area contributed by atoms with E-state index in [2.05, 4.69) is 6.92 Å². The van der Waals surface area contributed by atoms with Crippen LogP contribution >= 0.6 is 0 Å². The predicted molar refractivity (Wildman–Crippen MR) is 68.2 cm³/mol. The van der Waals surface area contributed by atoms with Gasteiger partial charge in [-0.1, -0.05) is 26.0 Å². The third kappa shape index (κ3) is 4.36. The molecule has 0 spiro atoms. The van der Waals surface area contributed by atoms with Crippen LogP contribution in [-0.4, -0.2) is 25.4 Å². The van der Waals surface area contributed by atoms with Crippen molar-refractivity contribution in [2.45, 2.75) is 26.4 Å². The molecule has 3 nitrogen and oxygen atoms in total. The Morgan fingerprint density at radius 3 is 2.41 bits per heavy atom. The van der Waals surface area contributed by atoms with Gasteiger partial charge in [0, 0.05) is 13.0 Å². The van der Waals surface area contributed by atoms with Gasteiger partial charge in [0.05, 0.1) is 19.3 Å². The van der Waals surface area contributed by atoms with Crippen molar-refractivity contribution in [2.75, 3.05) is 20.3 Å². The van der Waals surface area contributed by atoms with Crippen molar-refractivity contribution in [3.8, 4) is 5.75 Å². The van der Waals surface area contributed by atoms with Crippen LogP contribution in [0.2, 0.25) is 0 Å². The van der Waals surface area contributed by atoms with E-state index < -0.39 is 6.10 Å². The Labute approximate surface area is 103 Å². The largest absolute Gasteiger partial charge is 0.494 e. The highest BCUT2D eigenvalue weighted by molar-refractivity contribution is 5.28. The molecule has 0 aliphatic carbocycles. The number of methoxy groups -OCH3 is 1. The minimum Gasteiger partial charge on any atom is -0.494 e. The summed E-state index contributed by atoms with van der Waals surface area (Å²) in [5.41, 5.74) is 0.901. The normalized spacial score (nSPS) is 14.4. The lowest BCUT2D eigenvalue weighted by Gasteiger charge is -2.18. The number of rotatable bonds is 7. The van der Waals surface area contributed by atoms with Crippen LogP contribution < -0.4 is 4.74 Å². The minimum atomic E-state index is -0.491. The standard InChI is InChI=1S/C14H22O3/c1-4-9-17-13-7-5-12(6-8-13)14(15)11(2)10-16-3/h5-8,11,14-15H,4,9-10H2,1-3H3. The van der Waals surface area contributed by atoms with Crippen LogP contribution in [-0.2, 0) is 4.74 Å². The lowest BCUT2D eigenvalue weighted by molar-refractivity contribution is 0.0566. The fraction of sp³-hybridized carbons (Fsp3) is 0.571. The highest BCUT2D eigenvalue weighted by Gasteiger charge is 2.15. The number of benzene rings is 1. The second kappa shape index (κ2) is 7.30. The summed E-state index contributed by atoms with van der Waals surface area (Å²) < 4.78 is 10.5. The molecule has 1 aromatic rings. The van der Waals surface area contributed by atoms with Crippen molar-refractivity contribution in [2.24, 2.45) is 5.92 Å². The number of hydrogen-bond acceptors (Lipinski definition) is 3. The van der Waals surface area contributed by atoms with Gasteiger partial charge in [0.15, 0.2) is 0 Å². The van der Waals surface area contributed by atoms with Gasteiger partial charge in [0.2, 0.25) is 0 Å². The lowest BCUT2D eigenvalue weighted by Crippen LogP contribution is -2.14. The van der Waals surface area contributed by atoms with E-state index in [-0.39, 0.29) is 5.92 Å². The molecule has 96 valence electrons. The van der Waals surface area contributed by atoms with E-state index in [9.17, 15) is 5.11 Å². The van der Waals surface area contributed by atoms with E-state index >= 15 is 0 Å². The molecule has 0 fully saturated rings. The van der Waals surface area contributed by atoms with E-state index in [4.69, 9.17) is 9.47 Å². The quantitative estimate of drug-likeness (QED) is 0.794. The Morgan fingerprint density at radius 1 is 1.24 bits per heavy atom. The van der Waals surface area contributed by atoms with Gasteiger partial charge < -0.3 is 14.6 Å². The fourth-order valence-electron chi connectivity index (χ4n) is 1.66. The molecular weight excluding hydrogens is 216 g/mol. The molecule has 0 radical (unpaired) electrons. The van der Waals surface area contributed by atoms with E-state index in [0.717, 1.165) is 24.3 Å². The smallest absolute Gasteiger partial charge is 0.119 e. The van der Waals surface area contributed by atoms with Gasteiger partial charge in [-0.2, -0.15) is 0 Å². The average molecular weight is 238 g/mol. The molecule has 3 heteroatoms. The molecule has 0 heterocycles. The third-order valence-electron chi connectivity index (χ3n) is 2.66. The summed E-state index contributed by atoms with van der Waals surface area (Å²) in [4.78, 5) is 0. The Hall–Kier alpha value is -1.06. The minimum absolute atomic E-state index is 0.0856. The molecule has 1 aromatic carbocycles. The molecular formula is C14H22O3. The van der Waals surface area contributed by atoms with Crippen molar-refractivity contribution >= 4 is 0 Å². The first-order chi connectivity index (χ1) is 8.19. The van der Waals surface area contributed by atoms with Crippen molar-refractivity contribution in [3.05, 3.63) is 29.8 Å². The number of aliphatic hydroxyl groups is 1. The molecule has 1 N–H and O–H groups in total. The summed E-state index contributed by atoms with van der Waals surface area (Å²) in [6.07, 6.45) is 0.505. The zero-order chi connectivity index (χ0) is 12.7. The number of aliphatic hydroxyl groups excluding tert-OH is 1. The van der Waals surface area contributed by atoms with Crippen molar-refractivity contribution < 1.29 is 14.6 Å². The maximum Gasteiger partial charge on any atom is 0.119 e. The maximum absolute atomic E-state index is 10.1. The zero-order valence-corrected chi connectivity index (χ0v) is 10.8. The molecule has 0 saturated heterocycles. The van der Waals surface area contributed by atoms with Gasteiger partial charge in [-0.3, -0.25) is 0 Å². The molecule has 0 aromatic heterocycles. The average Bonchev–Trinajstić information content (AvgIpc) is 2.36. The van der Waals surface area contributed by atoms with E-state index in [0.29, 0.717) is 6.61 Å². The zero-order valence-electron chi connectivity index (χ0n) is 10.8. The van der Waals surface area contributed by atoms with Crippen LogP contribution in [0.4, 0.5) is 0 Å². The Kier molecular flexibility index (Phi) is 6.01. The maximum atomic E-state index is 10.1.